The van der Waals surface area contributed by atoms with Crippen LogP contribution in [0.2, 0.25) is 0 Å². The van der Waals surface area contributed by atoms with Crippen molar-refractivity contribution in [2.75, 3.05) is 13.7 Å². The van der Waals surface area contributed by atoms with Gasteiger partial charge in [0.15, 0.2) is 5.96 Å². The SMILES string of the molecule is COc1ccc(C(=O)NC(N)=NCC(C)Oc2ccccc2)cc1. The van der Waals surface area contributed by atoms with Crippen LogP contribution in [0.15, 0.2) is 59.6 Å². The number of nitrogens with one attached hydrogen (secondary N) is 1. The fourth-order valence-corrected chi connectivity index (χ4v) is 1.97. The Balaban J connectivity index is 1.85. The average Bonchev–Trinajstić information content (AvgIpc) is 2.61. The highest BCUT2D eigenvalue weighted by Gasteiger charge is 2.08. The quantitative estimate of drug-likeness (QED) is 0.629. The van der Waals surface area contributed by atoms with Crippen LogP contribution in [-0.4, -0.2) is 31.6 Å². The summed E-state index contributed by atoms with van der Waals surface area (Å²) in [6.07, 6.45) is -0.163. The molecule has 2 aromatic carbocycles. The number of carbonyl (C=O) groups is 1. The molecule has 6 heteroatoms. The molecule has 1 amide bonds. The van der Waals surface area contributed by atoms with Crippen LogP contribution in [0.4, 0.5) is 0 Å². The van der Waals surface area contributed by atoms with Crippen LogP contribution in [-0.2, 0) is 0 Å². The van der Waals surface area contributed by atoms with E-state index in [-0.39, 0.29) is 18.0 Å². The Bertz CT molecular complexity index is 684. The molecule has 0 spiro atoms. The standard InChI is InChI=1S/C18H21N3O3/c1-13(24-16-6-4-3-5-7-16)12-20-18(19)21-17(22)14-8-10-15(23-2)11-9-14/h3-11,13H,12H2,1-2H3,(H3,19,20,21,22). The van der Waals surface area contributed by atoms with Crippen LogP contribution in [0.3, 0.4) is 0 Å². The number of nitrogens with zero attached hydrogens (tertiary/aromatic N) is 1. The maximum Gasteiger partial charge on any atom is 0.257 e. The lowest BCUT2D eigenvalue weighted by Gasteiger charge is -2.13. The van der Waals surface area contributed by atoms with Crippen molar-refractivity contribution in [1.82, 2.24) is 5.32 Å². The first-order chi connectivity index (χ1) is 11.6. The summed E-state index contributed by atoms with van der Waals surface area (Å²) in [6.45, 7) is 2.22. The lowest BCUT2D eigenvalue weighted by molar-refractivity contribution is 0.0976. The molecule has 0 saturated heterocycles. The number of para-hydroxylation sites is 1. The highest BCUT2D eigenvalue weighted by atomic mass is 16.5. The van der Waals surface area contributed by atoms with Crippen molar-refractivity contribution in [2.45, 2.75) is 13.0 Å². The van der Waals surface area contributed by atoms with Crippen LogP contribution in [0.25, 0.3) is 0 Å². The third-order valence-corrected chi connectivity index (χ3v) is 3.19. The lowest BCUT2D eigenvalue weighted by Crippen LogP contribution is -2.37. The monoisotopic (exact) mass is 327 g/mol. The lowest BCUT2D eigenvalue weighted by atomic mass is 10.2. The van der Waals surface area contributed by atoms with Crippen molar-refractivity contribution >= 4 is 11.9 Å². The second kappa shape index (κ2) is 8.57. The van der Waals surface area contributed by atoms with Crippen molar-refractivity contribution in [3.63, 3.8) is 0 Å². The van der Waals surface area contributed by atoms with Gasteiger partial charge in [0.1, 0.15) is 17.6 Å². The predicted molar refractivity (Wildman–Crippen MR) is 93.5 cm³/mol. The van der Waals surface area contributed by atoms with E-state index in [0.29, 0.717) is 17.9 Å². The van der Waals surface area contributed by atoms with Crippen molar-refractivity contribution < 1.29 is 14.3 Å². The summed E-state index contributed by atoms with van der Waals surface area (Å²) in [5.41, 5.74) is 6.22. The van der Waals surface area contributed by atoms with Crippen LogP contribution in [0.5, 0.6) is 11.5 Å². The molecule has 24 heavy (non-hydrogen) atoms. The van der Waals surface area contributed by atoms with E-state index >= 15 is 0 Å². The number of aliphatic imine (C=N–C) groups is 1. The molecule has 1 atom stereocenters. The van der Waals surface area contributed by atoms with Gasteiger partial charge in [0.05, 0.1) is 13.7 Å². The first-order valence-electron chi connectivity index (χ1n) is 7.55. The van der Waals surface area contributed by atoms with E-state index in [2.05, 4.69) is 10.3 Å². The summed E-state index contributed by atoms with van der Waals surface area (Å²) in [7, 11) is 1.57. The number of carbonyl (C=O) groups excluding carboxylic acids is 1. The van der Waals surface area contributed by atoms with Gasteiger partial charge in [-0.3, -0.25) is 10.1 Å². The molecule has 0 fully saturated rings. The molecule has 2 aromatic rings. The zero-order valence-corrected chi connectivity index (χ0v) is 13.7. The summed E-state index contributed by atoms with van der Waals surface area (Å²) in [6, 6.07) is 16.2. The normalized spacial score (nSPS) is 12.3. The Morgan fingerprint density at radius 2 is 1.79 bits per heavy atom. The molecule has 0 radical (unpaired) electrons. The third kappa shape index (κ3) is 5.31. The molecular weight excluding hydrogens is 306 g/mol. The Labute approximate surface area is 141 Å². The Kier molecular flexibility index (Phi) is 6.19. The van der Waals surface area contributed by atoms with E-state index in [1.54, 1.807) is 31.4 Å². The maximum absolute atomic E-state index is 12.0. The number of amides is 1. The Morgan fingerprint density at radius 3 is 2.42 bits per heavy atom. The zero-order valence-electron chi connectivity index (χ0n) is 13.7. The average molecular weight is 327 g/mol. The van der Waals surface area contributed by atoms with Gasteiger partial charge in [0.2, 0.25) is 0 Å². The first-order valence-corrected chi connectivity index (χ1v) is 7.55. The van der Waals surface area contributed by atoms with Crippen molar-refractivity contribution in [3.05, 3.63) is 60.2 Å². The molecule has 0 bridgehead atoms. The molecule has 0 aliphatic carbocycles. The van der Waals surface area contributed by atoms with E-state index in [4.69, 9.17) is 15.2 Å². The highest BCUT2D eigenvalue weighted by molar-refractivity contribution is 6.05. The number of hydrogen-bond acceptors (Lipinski definition) is 4. The van der Waals surface area contributed by atoms with E-state index in [1.165, 1.54) is 0 Å². The molecule has 3 N–H and O–H groups in total. The van der Waals surface area contributed by atoms with Gasteiger partial charge in [-0.25, -0.2) is 4.99 Å². The fourth-order valence-electron chi connectivity index (χ4n) is 1.97. The second-order valence-corrected chi connectivity index (χ2v) is 5.15. The number of nitrogens with two attached hydrogens (primary N) is 1. The molecule has 2 rings (SSSR count). The highest BCUT2D eigenvalue weighted by Crippen LogP contribution is 2.11. The molecule has 0 aliphatic heterocycles. The minimum atomic E-state index is -0.324. The predicted octanol–water partition coefficient (Wildman–Crippen LogP) is 2.21. The van der Waals surface area contributed by atoms with Gasteiger partial charge in [-0.1, -0.05) is 18.2 Å². The summed E-state index contributed by atoms with van der Waals surface area (Å²) in [5, 5.41) is 2.55. The van der Waals surface area contributed by atoms with Crippen LogP contribution in [0.1, 0.15) is 17.3 Å². The van der Waals surface area contributed by atoms with Gasteiger partial charge < -0.3 is 15.2 Å². The molecule has 1 unspecified atom stereocenters. The summed E-state index contributed by atoms with van der Waals surface area (Å²) in [4.78, 5) is 16.2. The van der Waals surface area contributed by atoms with E-state index < -0.39 is 0 Å². The topological polar surface area (TPSA) is 85.9 Å². The van der Waals surface area contributed by atoms with Crippen LogP contribution in [0, 0.1) is 0 Å². The van der Waals surface area contributed by atoms with Gasteiger partial charge in [0, 0.05) is 5.56 Å². The van der Waals surface area contributed by atoms with E-state index in [0.717, 1.165) is 5.75 Å². The van der Waals surface area contributed by atoms with E-state index in [9.17, 15) is 4.79 Å². The number of guanidine groups is 1. The summed E-state index contributed by atoms with van der Waals surface area (Å²) >= 11 is 0. The number of rotatable bonds is 6. The summed E-state index contributed by atoms with van der Waals surface area (Å²) in [5.74, 6) is 1.18. The van der Waals surface area contributed by atoms with Gasteiger partial charge in [-0.2, -0.15) is 0 Å². The molecule has 6 nitrogen and oxygen atoms in total. The Hall–Kier alpha value is -3.02. The van der Waals surface area contributed by atoms with Gasteiger partial charge in [-0.15, -0.1) is 0 Å². The molecule has 0 aromatic heterocycles. The molecule has 0 heterocycles. The Morgan fingerprint density at radius 1 is 1.12 bits per heavy atom. The minimum absolute atomic E-state index is 0.0549. The van der Waals surface area contributed by atoms with Crippen molar-refractivity contribution in [3.8, 4) is 11.5 Å². The number of hydrogen-bond donors (Lipinski definition) is 2. The van der Waals surface area contributed by atoms with Gasteiger partial charge in [-0.05, 0) is 43.3 Å². The van der Waals surface area contributed by atoms with Gasteiger partial charge in [0.25, 0.3) is 5.91 Å². The number of ether oxygens (including phenoxy) is 2. The molecule has 126 valence electrons. The minimum Gasteiger partial charge on any atom is -0.497 e. The molecule has 0 aliphatic rings. The van der Waals surface area contributed by atoms with Crippen molar-refractivity contribution in [1.29, 1.82) is 0 Å². The second-order valence-electron chi connectivity index (χ2n) is 5.15. The number of benzene rings is 2. The largest absolute Gasteiger partial charge is 0.497 e. The molecular formula is C18H21N3O3. The van der Waals surface area contributed by atoms with Crippen LogP contribution < -0.4 is 20.5 Å². The smallest absolute Gasteiger partial charge is 0.257 e. The van der Waals surface area contributed by atoms with Gasteiger partial charge >= 0.3 is 0 Å². The fraction of sp³-hybridized carbons (Fsp3) is 0.222. The van der Waals surface area contributed by atoms with Crippen molar-refractivity contribution in [2.24, 2.45) is 10.7 Å². The van der Waals surface area contributed by atoms with Crippen LogP contribution >= 0.6 is 0 Å². The molecule has 0 saturated carbocycles. The maximum atomic E-state index is 12.0. The summed E-state index contributed by atoms with van der Waals surface area (Å²) < 4.78 is 10.7. The van der Waals surface area contributed by atoms with E-state index in [1.807, 2.05) is 37.3 Å². The number of methoxy groups -OCH3 is 1. The zero-order chi connectivity index (χ0) is 17.4. The third-order valence-electron chi connectivity index (χ3n) is 3.19. The first kappa shape index (κ1) is 17.3.